The summed E-state index contributed by atoms with van der Waals surface area (Å²) in [4.78, 5) is 29.3. The Hall–Kier alpha value is -2.41. The van der Waals surface area contributed by atoms with Crippen LogP contribution in [0.4, 0.5) is 0 Å². The van der Waals surface area contributed by atoms with Gasteiger partial charge >= 0.3 is 11.9 Å². The highest BCUT2D eigenvalue weighted by Gasteiger charge is 2.20. The summed E-state index contributed by atoms with van der Waals surface area (Å²) < 4.78 is 16.0. The largest absolute Gasteiger partial charge is 0.492 e. The minimum Gasteiger partial charge on any atom is -0.492 e. The van der Waals surface area contributed by atoms with Crippen molar-refractivity contribution >= 4 is 23.3 Å². The van der Waals surface area contributed by atoms with Gasteiger partial charge in [-0.3, -0.25) is 0 Å². The van der Waals surface area contributed by atoms with Crippen molar-refractivity contribution in [3.8, 4) is 16.3 Å². The lowest BCUT2D eigenvalue weighted by atomic mass is 10.1. The molecule has 0 unspecified atom stereocenters. The van der Waals surface area contributed by atoms with Crippen molar-refractivity contribution in [1.82, 2.24) is 4.98 Å². The first-order valence-electron chi connectivity index (χ1n) is 8.96. The number of hydrogen-bond donors (Lipinski definition) is 0. The third kappa shape index (κ3) is 5.29. The summed E-state index contributed by atoms with van der Waals surface area (Å²) in [6.45, 7) is 10.4. The molecule has 1 heterocycles. The quantitative estimate of drug-likeness (QED) is 0.617. The molecule has 0 aliphatic heterocycles. The fourth-order valence-corrected chi connectivity index (χ4v) is 3.28. The summed E-state index contributed by atoms with van der Waals surface area (Å²) >= 11 is 1.24. The maximum atomic E-state index is 12.4. The van der Waals surface area contributed by atoms with Gasteiger partial charge in [0.15, 0.2) is 0 Å². The van der Waals surface area contributed by atoms with E-state index in [0.29, 0.717) is 46.0 Å². The van der Waals surface area contributed by atoms with E-state index in [1.165, 1.54) is 11.3 Å². The molecular formula is C20H25NO5S. The zero-order valence-electron chi connectivity index (χ0n) is 16.3. The predicted molar refractivity (Wildman–Crippen MR) is 105 cm³/mol. The number of nitrogens with zero attached hydrogens (tertiary/aromatic N) is 1. The van der Waals surface area contributed by atoms with Crippen molar-refractivity contribution < 1.29 is 23.8 Å². The monoisotopic (exact) mass is 391 g/mol. The molecule has 1 aromatic carbocycles. The average Bonchev–Trinajstić information content (AvgIpc) is 3.02. The van der Waals surface area contributed by atoms with Crippen LogP contribution in [-0.4, -0.2) is 36.7 Å². The van der Waals surface area contributed by atoms with Gasteiger partial charge in [0.05, 0.1) is 25.5 Å². The Morgan fingerprint density at radius 2 is 1.78 bits per heavy atom. The Labute approximate surface area is 163 Å². The maximum absolute atomic E-state index is 12.4. The molecule has 0 bridgehead atoms. The lowest BCUT2D eigenvalue weighted by Crippen LogP contribution is -2.11. The van der Waals surface area contributed by atoms with Crippen LogP contribution in [0.15, 0.2) is 18.2 Å². The van der Waals surface area contributed by atoms with Crippen LogP contribution in [0.3, 0.4) is 0 Å². The predicted octanol–water partition coefficient (Wildman–Crippen LogP) is 4.51. The molecule has 27 heavy (non-hydrogen) atoms. The van der Waals surface area contributed by atoms with Crippen molar-refractivity contribution in [1.29, 1.82) is 0 Å². The number of carbonyl (C=O) groups excluding carboxylic acids is 2. The average molecular weight is 391 g/mol. The SMILES string of the molecule is CCOC(=O)c1cc(-c2nc(C)c(C(=O)OCC)s2)ccc1OCC(C)C. The fourth-order valence-electron chi connectivity index (χ4n) is 2.32. The van der Waals surface area contributed by atoms with Gasteiger partial charge in [0.25, 0.3) is 0 Å². The van der Waals surface area contributed by atoms with E-state index in [1.54, 1.807) is 32.9 Å². The third-order valence-corrected chi connectivity index (χ3v) is 4.74. The fraction of sp³-hybridized carbons (Fsp3) is 0.450. The van der Waals surface area contributed by atoms with E-state index >= 15 is 0 Å². The van der Waals surface area contributed by atoms with E-state index in [4.69, 9.17) is 14.2 Å². The number of aromatic nitrogens is 1. The number of aryl methyl sites for hydroxylation is 1. The van der Waals surface area contributed by atoms with E-state index < -0.39 is 5.97 Å². The molecule has 6 nitrogen and oxygen atoms in total. The Balaban J connectivity index is 2.40. The number of esters is 2. The highest BCUT2D eigenvalue weighted by Crippen LogP contribution is 2.32. The second kappa shape index (κ2) is 9.50. The summed E-state index contributed by atoms with van der Waals surface area (Å²) in [7, 11) is 0. The molecule has 0 aliphatic rings. The van der Waals surface area contributed by atoms with Crippen molar-refractivity contribution in [2.24, 2.45) is 5.92 Å². The summed E-state index contributed by atoms with van der Waals surface area (Å²) in [5.74, 6) is -0.0310. The van der Waals surface area contributed by atoms with Crippen LogP contribution >= 0.6 is 11.3 Å². The Morgan fingerprint density at radius 3 is 2.41 bits per heavy atom. The van der Waals surface area contributed by atoms with Gasteiger partial charge in [0.1, 0.15) is 21.2 Å². The first-order valence-corrected chi connectivity index (χ1v) is 9.77. The lowest BCUT2D eigenvalue weighted by molar-refractivity contribution is 0.0515. The van der Waals surface area contributed by atoms with Crippen molar-refractivity contribution in [3.63, 3.8) is 0 Å². The van der Waals surface area contributed by atoms with E-state index in [2.05, 4.69) is 4.98 Å². The highest BCUT2D eigenvalue weighted by molar-refractivity contribution is 7.17. The summed E-state index contributed by atoms with van der Waals surface area (Å²) in [5.41, 5.74) is 1.67. The van der Waals surface area contributed by atoms with Gasteiger partial charge in [-0.15, -0.1) is 11.3 Å². The van der Waals surface area contributed by atoms with E-state index in [-0.39, 0.29) is 12.6 Å². The molecule has 0 saturated heterocycles. The number of hydrogen-bond acceptors (Lipinski definition) is 7. The van der Waals surface area contributed by atoms with Crippen molar-refractivity contribution in [2.75, 3.05) is 19.8 Å². The minimum absolute atomic E-state index is 0.274. The Morgan fingerprint density at radius 1 is 1.11 bits per heavy atom. The van der Waals surface area contributed by atoms with Gasteiger partial charge in [0.2, 0.25) is 0 Å². The van der Waals surface area contributed by atoms with Gasteiger partial charge in [-0.1, -0.05) is 13.8 Å². The summed E-state index contributed by atoms with van der Waals surface area (Å²) in [6.07, 6.45) is 0. The molecule has 0 amide bonds. The van der Waals surface area contributed by atoms with E-state index in [1.807, 2.05) is 19.9 Å². The first kappa shape index (κ1) is 20.9. The summed E-state index contributed by atoms with van der Waals surface area (Å²) in [6, 6.07) is 5.26. The van der Waals surface area contributed by atoms with Crippen LogP contribution < -0.4 is 4.74 Å². The smallest absolute Gasteiger partial charge is 0.350 e. The normalized spacial score (nSPS) is 10.7. The van der Waals surface area contributed by atoms with E-state index in [9.17, 15) is 9.59 Å². The Bertz CT molecular complexity index is 813. The van der Waals surface area contributed by atoms with Crippen molar-refractivity contribution in [3.05, 3.63) is 34.3 Å². The lowest BCUT2D eigenvalue weighted by Gasteiger charge is -2.13. The highest BCUT2D eigenvalue weighted by atomic mass is 32.1. The molecule has 0 N–H and O–H groups in total. The van der Waals surface area contributed by atoms with Gasteiger partial charge in [-0.25, -0.2) is 14.6 Å². The van der Waals surface area contributed by atoms with Gasteiger partial charge in [0, 0.05) is 5.56 Å². The molecule has 1 aromatic heterocycles. The number of rotatable bonds is 8. The first-order chi connectivity index (χ1) is 12.9. The standard InChI is InChI=1S/C20H25NO5S/c1-6-24-19(22)15-10-14(8-9-16(15)26-11-12(3)4)18-21-13(5)17(27-18)20(23)25-7-2/h8-10,12H,6-7,11H2,1-5H3. The van der Waals surface area contributed by atoms with Gasteiger partial charge in [-0.05, 0) is 44.9 Å². The molecule has 0 aliphatic carbocycles. The molecule has 0 atom stereocenters. The molecule has 0 radical (unpaired) electrons. The second-order valence-electron chi connectivity index (χ2n) is 6.29. The van der Waals surface area contributed by atoms with Crippen LogP contribution in [-0.2, 0) is 9.47 Å². The van der Waals surface area contributed by atoms with Crippen LogP contribution in [0.25, 0.3) is 10.6 Å². The molecule has 146 valence electrons. The van der Waals surface area contributed by atoms with E-state index in [0.717, 1.165) is 5.56 Å². The van der Waals surface area contributed by atoms with Crippen LogP contribution in [0.5, 0.6) is 5.75 Å². The zero-order chi connectivity index (χ0) is 20.0. The number of ether oxygens (including phenoxy) is 3. The molecule has 7 heteroatoms. The molecule has 0 fully saturated rings. The molecule has 0 spiro atoms. The number of benzene rings is 1. The van der Waals surface area contributed by atoms with Crippen LogP contribution in [0.2, 0.25) is 0 Å². The topological polar surface area (TPSA) is 74.7 Å². The van der Waals surface area contributed by atoms with Crippen molar-refractivity contribution in [2.45, 2.75) is 34.6 Å². The van der Waals surface area contributed by atoms with Gasteiger partial charge in [-0.2, -0.15) is 0 Å². The number of carbonyl (C=O) groups is 2. The molecule has 2 rings (SSSR count). The Kier molecular flexibility index (Phi) is 7.36. The minimum atomic E-state index is -0.447. The maximum Gasteiger partial charge on any atom is 0.350 e. The van der Waals surface area contributed by atoms with Crippen LogP contribution in [0, 0.1) is 12.8 Å². The van der Waals surface area contributed by atoms with Crippen LogP contribution in [0.1, 0.15) is 53.4 Å². The second-order valence-corrected chi connectivity index (χ2v) is 7.29. The third-order valence-electron chi connectivity index (χ3n) is 3.55. The van der Waals surface area contributed by atoms with Gasteiger partial charge < -0.3 is 14.2 Å². The molecular weight excluding hydrogens is 366 g/mol. The summed E-state index contributed by atoms with van der Waals surface area (Å²) in [5, 5.41) is 0.636. The number of thiazole rings is 1. The zero-order valence-corrected chi connectivity index (χ0v) is 17.1. The molecule has 2 aromatic rings. The molecule has 0 saturated carbocycles.